The highest BCUT2D eigenvalue weighted by Gasteiger charge is 2.23. The second-order valence-corrected chi connectivity index (χ2v) is 10.2. The fourth-order valence-corrected chi connectivity index (χ4v) is 6.20. The number of benzene rings is 2. The maximum Gasteiger partial charge on any atom is 0.338 e. The first kappa shape index (κ1) is 19.9. The van der Waals surface area contributed by atoms with Gasteiger partial charge in [0.1, 0.15) is 4.21 Å². The minimum atomic E-state index is -3.56. The first-order chi connectivity index (χ1) is 12.7. The van der Waals surface area contributed by atoms with Crippen LogP contribution in [0.25, 0.3) is 10.1 Å². The zero-order valence-corrected chi connectivity index (χ0v) is 17.5. The molecule has 0 N–H and O–H groups in total. The smallest absolute Gasteiger partial charge is 0.338 e. The minimum Gasteiger partial charge on any atom is -0.459 e. The molecule has 27 heavy (non-hydrogen) atoms. The zero-order chi connectivity index (χ0) is 19.8. The third kappa shape index (κ3) is 4.34. The summed E-state index contributed by atoms with van der Waals surface area (Å²) in [5.74, 6) is -0.645. The van der Waals surface area contributed by atoms with Crippen LogP contribution in [0.1, 0.15) is 35.3 Å². The average molecular weight is 423 g/mol. The Morgan fingerprint density at radius 2 is 1.93 bits per heavy atom. The van der Waals surface area contributed by atoms with Crippen LogP contribution in [-0.2, 0) is 20.3 Å². The van der Waals surface area contributed by atoms with Crippen LogP contribution in [0.3, 0.4) is 0 Å². The van der Waals surface area contributed by atoms with Gasteiger partial charge in [0.05, 0.1) is 17.4 Å². The van der Waals surface area contributed by atoms with Crippen LogP contribution in [0.2, 0.25) is 5.02 Å². The number of sulfone groups is 1. The van der Waals surface area contributed by atoms with Gasteiger partial charge in [0.2, 0.25) is 0 Å². The number of fused-ring (bicyclic) bond motifs is 1. The second-order valence-electron chi connectivity index (χ2n) is 6.57. The number of carbonyl (C=O) groups excluding carboxylic acids is 1. The lowest BCUT2D eigenvalue weighted by molar-refractivity contribution is 0.0377. The van der Waals surface area contributed by atoms with Crippen molar-refractivity contribution in [2.45, 2.75) is 36.8 Å². The van der Waals surface area contributed by atoms with Gasteiger partial charge in [-0.15, -0.1) is 11.3 Å². The molecule has 0 amide bonds. The highest BCUT2D eigenvalue weighted by Crippen LogP contribution is 2.36. The van der Waals surface area contributed by atoms with Crippen molar-refractivity contribution in [3.8, 4) is 0 Å². The third-order valence-electron chi connectivity index (χ3n) is 4.00. The molecule has 0 atom stereocenters. The molecule has 0 aliphatic carbocycles. The third-order valence-corrected chi connectivity index (χ3v) is 7.90. The Labute approximate surface area is 167 Å². The molecule has 0 spiro atoms. The number of hydrogen-bond acceptors (Lipinski definition) is 5. The van der Waals surface area contributed by atoms with Crippen molar-refractivity contribution in [1.29, 1.82) is 0 Å². The van der Waals surface area contributed by atoms with Crippen molar-refractivity contribution < 1.29 is 17.9 Å². The van der Waals surface area contributed by atoms with Gasteiger partial charge < -0.3 is 4.74 Å². The van der Waals surface area contributed by atoms with Crippen LogP contribution in [0.15, 0.2) is 46.7 Å². The Morgan fingerprint density at radius 1 is 1.19 bits per heavy atom. The van der Waals surface area contributed by atoms with Gasteiger partial charge in [0.25, 0.3) is 0 Å². The molecule has 0 fully saturated rings. The van der Waals surface area contributed by atoms with E-state index in [2.05, 4.69) is 0 Å². The van der Waals surface area contributed by atoms with E-state index in [4.69, 9.17) is 16.3 Å². The lowest BCUT2D eigenvalue weighted by atomic mass is 10.1. The summed E-state index contributed by atoms with van der Waals surface area (Å²) in [6, 6.07) is 11.9. The summed E-state index contributed by atoms with van der Waals surface area (Å²) < 4.78 is 32.4. The van der Waals surface area contributed by atoms with E-state index in [1.807, 2.05) is 6.07 Å². The molecule has 0 aliphatic rings. The van der Waals surface area contributed by atoms with E-state index in [1.165, 1.54) is 11.3 Å². The van der Waals surface area contributed by atoms with Crippen molar-refractivity contribution in [2.75, 3.05) is 0 Å². The topological polar surface area (TPSA) is 60.4 Å². The van der Waals surface area contributed by atoms with Crippen LogP contribution < -0.4 is 0 Å². The summed E-state index contributed by atoms with van der Waals surface area (Å²) in [5, 5.41) is 1.42. The quantitative estimate of drug-likeness (QED) is 0.516. The summed E-state index contributed by atoms with van der Waals surface area (Å²) in [5.41, 5.74) is 1.59. The molecule has 142 valence electrons. The van der Waals surface area contributed by atoms with Gasteiger partial charge in [-0.3, -0.25) is 0 Å². The van der Waals surface area contributed by atoms with Crippen LogP contribution in [0.5, 0.6) is 0 Å². The van der Waals surface area contributed by atoms with E-state index < -0.39 is 15.8 Å². The number of thiophene rings is 1. The number of esters is 1. The fraction of sp³-hybridized carbons (Fsp3) is 0.250. The molecule has 3 rings (SSSR count). The Kier molecular flexibility index (Phi) is 5.60. The summed E-state index contributed by atoms with van der Waals surface area (Å²) in [4.78, 5) is 12.1. The van der Waals surface area contributed by atoms with Crippen LogP contribution in [-0.4, -0.2) is 20.5 Å². The molecular weight excluding hydrogens is 404 g/mol. The van der Waals surface area contributed by atoms with Crippen LogP contribution >= 0.6 is 22.9 Å². The molecule has 0 unspecified atom stereocenters. The molecule has 1 heterocycles. The maximum atomic E-state index is 13.0. The SMILES string of the molecule is Cc1c(S(=O)(=O)Cc2cccc(C(=O)OC(C)C)c2)sc2ccc(Cl)cc12. The van der Waals surface area contributed by atoms with Crippen molar-refractivity contribution in [3.05, 3.63) is 64.2 Å². The van der Waals surface area contributed by atoms with E-state index in [0.29, 0.717) is 25.9 Å². The number of ether oxygens (including phenoxy) is 1. The number of aryl methyl sites for hydroxylation is 1. The van der Waals surface area contributed by atoms with Gasteiger partial charge in [0, 0.05) is 9.72 Å². The zero-order valence-electron chi connectivity index (χ0n) is 15.2. The summed E-state index contributed by atoms with van der Waals surface area (Å²) in [6.45, 7) is 5.32. The Hall–Kier alpha value is -1.89. The number of hydrogen-bond donors (Lipinski definition) is 0. The first-order valence-electron chi connectivity index (χ1n) is 8.38. The second kappa shape index (κ2) is 7.62. The number of rotatable bonds is 5. The van der Waals surface area contributed by atoms with Crippen LogP contribution in [0, 0.1) is 6.92 Å². The molecule has 0 radical (unpaired) electrons. The van der Waals surface area contributed by atoms with Crippen molar-refractivity contribution in [3.63, 3.8) is 0 Å². The lowest BCUT2D eigenvalue weighted by Crippen LogP contribution is -2.12. The maximum absolute atomic E-state index is 13.0. The highest BCUT2D eigenvalue weighted by atomic mass is 35.5. The van der Waals surface area contributed by atoms with E-state index in [-0.39, 0.29) is 11.9 Å². The van der Waals surface area contributed by atoms with Gasteiger partial charge in [-0.05, 0) is 67.6 Å². The molecule has 0 saturated carbocycles. The minimum absolute atomic E-state index is 0.183. The van der Waals surface area contributed by atoms with Crippen molar-refractivity contribution >= 4 is 48.8 Å². The standard InChI is InChI=1S/C20H19ClO4S2/c1-12(2)25-19(22)15-6-4-5-14(9-15)11-27(23,24)20-13(3)17-10-16(21)7-8-18(17)26-20/h4-10,12H,11H2,1-3H3. The molecule has 0 saturated heterocycles. The van der Waals surface area contributed by atoms with Gasteiger partial charge in [-0.1, -0.05) is 23.7 Å². The Bertz CT molecular complexity index is 1110. The fourth-order valence-electron chi connectivity index (χ4n) is 2.82. The molecule has 2 aromatic carbocycles. The molecule has 1 aromatic heterocycles. The highest BCUT2D eigenvalue weighted by molar-refractivity contribution is 7.93. The molecular formula is C20H19ClO4S2. The van der Waals surface area contributed by atoms with Gasteiger partial charge >= 0.3 is 5.97 Å². The lowest BCUT2D eigenvalue weighted by Gasteiger charge is -2.09. The van der Waals surface area contributed by atoms with Gasteiger partial charge in [-0.25, -0.2) is 13.2 Å². The summed E-state index contributed by atoms with van der Waals surface area (Å²) >= 11 is 7.28. The van der Waals surface area contributed by atoms with Crippen molar-refractivity contribution in [1.82, 2.24) is 0 Å². The molecule has 4 nitrogen and oxygen atoms in total. The average Bonchev–Trinajstić information content (AvgIpc) is 2.91. The van der Waals surface area contributed by atoms with E-state index in [1.54, 1.807) is 57.2 Å². The first-order valence-corrected chi connectivity index (χ1v) is 11.2. The normalized spacial score (nSPS) is 11.9. The van der Waals surface area contributed by atoms with E-state index in [0.717, 1.165) is 10.1 Å². The van der Waals surface area contributed by atoms with Gasteiger partial charge in [-0.2, -0.15) is 0 Å². The molecule has 3 aromatic rings. The number of carbonyl (C=O) groups is 1. The molecule has 7 heteroatoms. The predicted molar refractivity (Wildman–Crippen MR) is 109 cm³/mol. The Morgan fingerprint density at radius 3 is 2.63 bits per heavy atom. The largest absolute Gasteiger partial charge is 0.459 e. The Balaban J connectivity index is 1.93. The van der Waals surface area contributed by atoms with Crippen molar-refractivity contribution in [2.24, 2.45) is 0 Å². The molecule has 0 aliphatic heterocycles. The van der Waals surface area contributed by atoms with E-state index >= 15 is 0 Å². The monoisotopic (exact) mass is 422 g/mol. The molecule has 0 bridgehead atoms. The summed E-state index contributed by atoms with van der Waals surface area (Å²) in [7, 11) is -3.56. The summed E-state index contributed by atoms with van der Waals surface area (Å²) in [6.07, 6.45) is -0.238. The van der Waals surface area contributed by atoms with E-state index in [9.17, 15) is 13.2 Å². The number of halogens is 1. The van der Waals surface area contributed by atoms with Crippen LogP contribution in [0.4, 0.5) is 0 Å². The van der Waals surface area contributed by atoms with Gasteiger partial charge in [0.15, 0.2) is 9.84 Å². The predicted octanol–water partition coefficient (Wildman–Crippen LogP) is 5.40.